The Balaban J connectivity index is 2.10. The van der Waals surface area contributed by atoms with Gasteiger partial charge in [0.1, 0.15) is 0 Å². The molecule has 1 heterocycles. The van der Waals surface area contributed by atoms with Crippen molar-refractivity contribution in [1.82, 2.24) is 20.6 Å². The van der Waals surface area contributed by atoms with Crippen LogP contribution in [0, 0.1) is 0 Å². The number of aromatic amines is 1. The van der Waals surface area contributed by atoms with Crippen LogP contribution in [-0.4, -0.2) is 25.7 Å². The fourth-order valence-electron chi connectivity index (χ4n) is 2.22. The highest BCUT2D eigenvalue weighted by Crippen LogP contribution is 2.42. The van der Waals surface area contributed by atoms with Gasteiger partial charge in [-0.25, -0.2) is 0 Å². The van der Waals surface area contributed by atoms with Gasteiger partial charge in [-0.3, -0.25) is 0 Å². The Morgan fingerprint density at radius 3 is 2.94 bits per heavy atom. The number of aromatic nitrogens is 4. The Morgan fingerprint density at radius 1 is 1.44 bits per heavy atom. The fourth-order valence-corrected chi connectivity index (χ4v) is 2.22. The summed E-state index contributed by atoms with van der Waals surface area (Å²) in [5.74, 6) is 0.246. The molecule has 2 aromatic rings. The second kappa shape index (κ2) is 3.10. The molecule has 0 bridgehead atoms. The quantitative estimate of drug-likeness (QED) is 0.605. The highest BCUT2D eigenvalue weighted by atomic mass is 16.3. The average Bonchev–Trinajstić information content (AvgIpc) is 2.89. The Kier molecular flexibility index (Phi) is 1.83. The molecule has 1 aromatic carbocycles. The van der Waals surface area contributed by atoms with Crippen molar-refractivity contribution in [1.29, 1.82) is 0 Å². The van der Waals surface area contributed by atoms with Crippen molar-refractivity contribution in [2.45, 2.75) is 18.1 Å². The van der Waals surface area contributed by atoms with Crippen molar-refractivity contribution < 1.29 is 5.11 Å². The topological polar surface area (TPSA) is 101 Å². The third kappa shape index (κ3) is 1.11. The lowest BCUT2D eigenvalue weighted by Crippen LogP contribution is -2.37. The van der Waals surface area contributed by atoms with Crippen molar-refractivity contribution in [3.63, 3.8) is 0 Å². The van der Waals surface area contributed by atoms with E-state index in [1.807, 2.05) is 24.3 Å². The zero-order valence-electron chi connectivity index (χ0n) is 8.46. The zero-order chi connectivity index (χ0) is 11.2. The minimum atomic E-state index is -1.25. The van der Waals surface area contributed by atoms with Crippen molar-refractivity contribution in [3.8, 4) is 0 Å². The van der Waals surface area contributed by atoms with Crippen LogP contribution in [-0.2, 0) is 12.0 Å². The maximum Gasteiger partial charge on any atom is 0.208 e. The molecule has 3 rings (SSSR count). The first-order chi connectivity index (χ1) is 7.72. The number of tetrazole rings is 1. The Hall–Kier alpha value is -1.79. The fraction of sp³-hybridized carbons (Fsp3) is 0.300. The highest BCUT2D eigenvalue weighted by Gasteiger charge is 2.47. The van der Waals surface area contributed by atoms with Gasteiger partial charge in [0.2, 0.25) is 5.82 Å². The van der Waals surface area contributed by atoms with E-state index in [9.17, 15) is 5.11 Å². The Bertz CT molecular complexity index is 512. The summed E-state index contributed by atoms with van der Waals surface area (Å²) in [7, 11) is 0. The number of hydrogen-bond donors (Lipinski definition) is 3. The van der Waals surface area contributed by atoms with Crippen LogP contribution < -0.4 is 5.73 Å². The normalized spacial score (nSPS) is 28.0. The van der Waals surface area contributed by atoms with E-state index >= 15 is 0 Å². The van der Waals surface area contributed by atoms with Crippen LogP contribution in [0.4, 0.5) is 0 Å². The van der Waals surface area contributed by atoms with Gasteiger partial charge in [0.25, 0.3) is 0 Å². The van der Waals surface area contributed by atoms with Crippen LogP contribution in [0.25, 0.3) is 0 Å². The number of H-pyrrole nitrogens is 1. The summed E-state index contributed by atoms with van der Waals surface area (Å²) in [6.45, 7) is 0. The molecule has 4 N–H and O–H groups in total. The van der Waals surface area contributed by atoms with Crippen LogP contribution >= 0.6 is 0 Å². The molecule has 1 aliphatic rings. The number of aliphatic hydroxyl groups is 1. The summed E-state index contributed by atoms with van der Waals surface area (Å²) in [6.07, 6.45) is 0.421. The van der Waals surface area contributed by atoms with Crippen LogP contribution in [0.2, 0.25) is 0 Å². The van der Waals surface area contributed by atoms with E-state index in [-0.39, 0.29) is 5.82 Å². The third-order valence-electron chi connectivity index (χ3n) is 3.10. The molecule has 0 saturated carbocycles. The van der Waals surface area contributed by atoms with Gasteiger partial charge >= 0.3 is 0 Å². The first-order valence-corrected chi connectivity index (χ1v) is 5.01. The van der Waals surface area contributed by atoms with E-state index in [1.165, 1.54) is 0 Å². The van der Waals surface area contributed by atoms with E-state index in [0.717, 1.165) is 11.1 Å². The molecule has 0 fully saturated rings. The summed E-state index contributed by atoms with van der Waals surface area (Å²) in [4.78, 5) is 0. The van der Waals surface area contributed by atoms with Crippen molar-refractivity contribution in [3.05, 3.63) is 41.2 Å². The number of benzene rings is 1. The molecule has 0 spiro atoms. The molecular weight excluding hydrogens is 206 g/mol. The molecule has 2 atom stereocenters. The molecule has 0 saturated heterocycles. The van der Waals surface area contributed by atoms with Crippen LogP contribution in [0.3, 0.4) is 0 Å². The standard InChI is InChI=1S/C10H11N5O/c11-8-7-4-2-1-3-6(7)5-10(8,16)9-12-14-15-13-9/h1-4,8,16H,5,11H2,(H,12,13,14,15). The van der Waals surface area contributed by atoms with Gasteiger partial charge in [-0.2, -0.15) is 5.21 Å². The molecule has 1 aliphatic carbocycles. The first kappa shape index (κ1) is 9.44. The maximum atomic E-state index is 10.5. The van der Waals surface area contributed by atoms with E-state index in [1.54, 1.807) is 0 Å². The molecule has 0 amide bonds. The van der Waals surface area contributed by atoms with E-state index in [4.69, 9.17) is 5.73 Å². The molecule has 82 valence electrons. The number of fused-ring (bicyclic) bond motifs is 1. The molecule has 6 heteroatoms. The molecule has 0 radical (unpaired) electrons. The van der Waals surface area contributed by atoms with E-state index in [2.05, 4.69) is 20.6 Å². The van der Waals surface area contributed by atoms with Crippen LogP contribution in [0.5, 0.6) is 0 Å². The van der Waals surface area contributed by atoms with Crippen molar-refractivity contribution in [2.24, 2.45) is 5.73 Å². The predicted octanol–water partition coefficient (Wildman–Crippen LogP) is -0.357. The predicted molar refractivity (Wildman–Crippen MR) is 55.1 cm³/mol. The Labute approximate surface area is 91.5 Å². The van der Waals surface area contributed by atoms with Gasteiger partial charge in [-0.15, -0.1) is 10.2 Å². The first-order valence-electron chi connectivity index (χ1n) is 5.01. The minimum absolute atomic E-state index is 0.246. The monoisotopic (exact) mass is 217 g/mol. The largest absolute Gasteiger partial charge is 0.379 e. The summed E-state index contributed by atoms with van der Waals surface area (Å²) in [5, 5.41) is 24.0. The lowest BCUT2D eigenvalue weighted by Gasteiger charge is -2.23. The maximum absolute atomic E-state index is 10.5. The van der Waals surface area contributed by atoms with Crippen molar-refractivity contribution >= 4 is 0 Å². The number of rotatable bonds is 1. The minimum Gasteiger partial charge on any atom is -0.379 e. The third-order valence-corrected chi connectivity index (χ3v) is 3.10. The molecule has 1 aromatic heterocycles. The summed E-state index contributed by atoms with van der Waals surface area (Å²) >= 11 is 0. The van der Waals surface area contributed by atoms with Gasteiger partial charge in [-0.1, -0.05) is 29.5 Å². The number of nitrogens with zero attached hydrogens (tertiary/aromatic N) is 3. The average molecular weight is 217 g/mol. The summed E-state index contributed by atoms with van der Waals surface area (Å²) in [5.41, 5.74) is 6.76. The molecular formula is C10H11N5O. The lowest BCUT2D eigenvalue weighted by atomic mass is 9.95. The second-order valence-corrected chi connectivity index (χ2v) is 4.01. The van der Waals surface area contributed by atoms with Crippen LogP contribution in [0.1, 0.15) is 23.0 Å². The number of hydrogen-bond acceptors (Lipinski definition) is 5. The highest BCUT2D eigenvalue weighted by molar-refractivity contribution is 5.40. The number of nitrogens with one attached hydrogen (secondary N) is 1. The Morgan fingerprint density at radius 2 is 2.25 bits per heavy atom. The second-order valence-electron chi connectivity index (χ2n) is 4.01. The van der Waals surface area contributed by atoms with Gasteiger partial charge in [-0.05, 0) is 11.1 Å². The zero-order valence-corrected chi connectivity index (χ0v) is 8.46. The lowest BCUT2D eigenvalue weighted by molar-refractivity contribution is 0.0123. The summed E-state index contributed by atoms with van der Waals surface area (Å²) < 4.78 is 0. The summed E-state index contributed by atoms with van der Waals surface area (Å²) in [6, 6.07) is 7.18. The van der Waals surface area contributed by atoms with Gasteiger partial charge in [0.05, 0.1) is 6.04 Å². The number of nitrogens with two attached hydrogens (primary N) is 1. The van der Waals surface area contributed by atoms with E-state index in [0.29, 0.717) is 6.42 Å². The van der Waals surface area contributed by atoms with Crippen LogP contribution in [0.15, 0.2) is 24.3 Å². The SMILES string of the molecule is NC1c2ccccc2CC1(O)c1nn[nH]n1. The van der Waals surface area contributed by atoms with E-state index < -0.39 is 11.6 Å². The molecule has 2 unspecified atom stereocenters. The van der Waals surface area contributed by atoms with Gasteiger partial charge < -0.3 is 10.8 Å². The van der Waals surface area contributed by atoms with Crippen molar-refractivity contribution in [2.75, 3.05) is 0 Å². The smallest absolute Gasteiger partial charge is 0.208 e. The van der Waals surface area contributed by atoms with Gasteiger partial charge in [0, 0.05) is 6.42 Å². The molecule has 0 aliphatic heterocycles. The van der Waals surface area contributed by atoms with Gasteiger partial charge in [0.15, 0.2) is 5.60 Å². The molecule has 16 heavy (non-hydrogen) atoms. The molecule has 6 nitrogen and oxygen atoms in total.